The molecule has 0 bridgehead atoms. The Morgan fingerprint density at radius 3 is 2.35 bits per heavy atom. The van der Waals surface area contributed by atoms with Crippen molar-refractivity contribution < 1.29 is 26.3 Å². The quantitative estimate of drug-likeness (QED) is 0.915. The molecule has 0 heterocycles. The summed E-state index contributed by atoms with van der Waals surface area (Å²) in [5, 5.41) is 0. The minimum absolute atomic E-state index is 0.0114. The van der Waals surface area contributed by atoms with Gasteiger partial charge in [0.1, 0.15) is 5.75 Å². The molecule has 0 radical (unpaired) electrons. The maximum atomic E-state index is 12.0. The number of halogens is 3. The summed E-state index contributed by atoms with van der Waals surface area (Å²) in [6.07, 6.45) is -3.91. The zero-order valence-corrected chi connectivity index (χ0v) is 9.82. The first kappa shape index (κ1) is 13.6. The topological polar surface area (TPSA) is 55.4 Å². The van der Waals surface area contributed by atoms with Crippen LogP contribution in [0.3, 0.4) is 0 Å². The van der Waals surface area contributed by atoms with E-state index in [9.17, 15) is 21.6 Å². The highest BCUT2D eigenvalue weighted by Crippen LogP contribution is 2.28. The molecule has 0 aliphatic rings. The molecule has 8 heteroatoms. The largest absolute Gasteiger partial charge is 0.573 e. The molecule has 1 N–H and O–H groups in total. The van der Waals surface area contributed by atoms with Gasteiger partial charge in [0, 0.05) is 6.07 Å². The molecule has 0 saturated carbocycles. The van der Waals surface area contributed by atoms with Crippen LogP contribution >= 0.6 is 0 Å². The first-order valence-corrected chi connectivity index (χ1v) is 6.30. The molecule has 4 nitrogen and oxygen atoms in total. The van der Waals surface area contributed by atoms with Gasteiger partial charge in [-0.15, -0.1) is 13.2 Å². The second kappa shape index (κ2) is 4.44. The fraction of sp³-hybridized carbons (Fsp3) is 0.333. The average Bonchev–Trinajstić information content (AvgIpc) is 2.05. The van der Waals surface area contributed by atoms with E-state index in [4.69, 9.17) is 0 Å². The lowest BCUT2D eigenvalue weighted by Gasteiger charge is -2.13. The Kier molecular flexibility index (Phi) is 3.56. The zero-order chi connectivity index (χ0) is 13.3. The number of aryl methyl sites for hydroxylation is 1. The van der Waals surface area contributed by atoms with Gasteiger partial charge in [0.2, 0.25) is 10.0 Å². The molecule has 1 rings (SSSR count). The lowest BCUT2D eigenvalue weighted by atomic mass is 10.2. The molecule has 0 unspecified atom stereocenters. The van der Waals surface area contributed by atoms with E-state index in [1.807, 2.05) is 0 Å². The minimum Gasteiger partial charge on any atom is -0.405 e. The summed E-state index contributed by atoms with van der Waals surface area (Å²) in [6.45, 7) is 1.42. The highest BCUT2D eigenvalue weighted by molar-refractivity contribution is 7.92. The van der Waals surface area contributed by atoms with E-state index < -0.39 is 22.1 Å². The van der Waals surface area contributed by atoms with Crippen LogP contribution in [0.5, 0.6) is 5.75 Å². The van der Waals surface area contributed by atoms with Crippen LogP contribution in [0.2, 0.25) is 0 Å². The van der Waals surface area contributed by atoms with E-state index >= 15 is 0 Å². The van der Waals surface area contributed by atoms with Crippen LogP contribution in [0, 0.1) is 6.92 Å². The third-order valence-electron chi connectivity index (χ3n) is 1.72. The molecule has 1 aromatic rings. The molecule has 0 atom stereocenters. The Bertz CT molecular complexity index is 511. The van der Waals surface area contributed by atoms with Gasteiger partial charge in [0.15, 0.2) is 0 Å². The molecule has 17 heavy (non-hydrogen) atoms. The fourth-order valence-corrected chi connectivity index (χ4v) is 1.67. The van der Waals surface area contributed by atoms with Crippen molar-refractivity contribution in [1.82, 2.24) is 0 Å². The number of rotatable bonds is 3. The molecule has 1 aromatic carbocycles. The number of alkyl halides is 3. The standard InChI is InChI=1S/C9H10F3NO3S/c1-6-3-4-7(13-17(2,14)15)5-8(6)16-9(10,11)12/h3-5,13H,1-2H3. The third-order valence-corrected chi connectivity index (χ3v) is 2.32. The average molecular weight is 269 g/mol. The van der Waals surface area contributed by atoms with Crippen molar-refractivity contribution in [2.24, 2.45) is 0 Å². The van der Waals surface area contributed by atoms with Crippen molar-refractivity contribution in [3.8, 4) is 5.75 Å². The van der Waals surface area contributed by atoms with Crippen molar-refractivity contribution in [3.63, 3.8) is 0 Å². The van der Waals surface area contributed by atoms with Gasteiger partial charge in [0.25, 0.3) is 0 Å². The molecular weight excluding hydrogens is 259 g/mol. The third kappa shape index (κ3) is 4.94. The minimum atomic E-state index is -4.81. The molecule has 96 valence electrons. The summed E-state index contributed by atoms with van der Waals surface area (Å²) in [6, 6.07) is 3.65. The predicted octanol–water partition coefficient (Wildman–Crippen LogP) is 2.27. The van der Waals surface area contributed by atoms with Crippen LogP contribution in [-0.2, 0) is 10.0 Å². The SMILES string of the molecule is Cc1ccc(NS(C)(=O)=O)cc1OC(F)(F)F. The normalized spacial score (nSPS) is 12.3. The van der Waals surface area contributed by atoms with E-state index in [0.717, 1.165) is 12.3 Å². The summed E-state index contributed by atoms with van der Waals surface area (Å²) in [5.41, 5.74) is 0.263. The summed E-state index contributed by atoms with van der Waals surface area (Å²) >= 11 is 0. The van der Waals surface area contributed by atoms with Gasteiger partial charge in [-0.3, -0.25) is 4.72 Å². The Labute approximate surface area is 96.4 Å². The lowest BCUT2D eigenvalue weighted by molar-refractivity contribution is -0.274. The second-order valence-corrected chi connectivity index (χ2v) is 5.15. The van der Waals surface area contributed by atoms with Crippen molar-refractivity contribution in [1.29, 1.82) is 0 Å². The first-order chi connectivity index (χ1) is 7.57. The molecule has 0 spiro atoms. The van der Waals surface area contributed by atoms with Gasteiger partial charge in [-0.25, -0.2) is 8.42 Å². The number of benzene rings is 1. The molecule has 0 aliphatic heterocycles. The fourth-order valence-electron chi connectivity index (χ4n) is 1.11. The van der Waals surface area contributed by atoms with Crippen molar-refractivity contribution >= 4 is 15.7 Å². The van der Waals surface area contributed by atoms with Gasteiger partial charge in [-0.1, -0.05) is 6.07 Å². The maximum Gasteiger partial charge on any atom is 0.573 e. The molecular formula is C9H10F3NO3S. The summed E-state index contributed by atoms with van der Waals surface area (Å²) in [5.74, 6) is -0.439. The number of hydrogen-bond acceptors (Lipinski definition) is 3. The smallest absolute Gasteiger partial charge is 0.405 e. The van der Waals surface area contributed by atoms with Crippen LogP contribution in [0.4, 0.5) is 18.9 Å². The summed E-state index contributed by atoms with van der Waals surface area (Å²) in [4.78, 5) is 0. The van der Waals surface area contributed by atoms with E-state index in [2.05, 4.69) is 9.46 Å². The van der Waals surface area contributed by atoms with E-state index in [1.54, 1.807) is 0 Å². The summed E-state index contributed by atoms with van der Waals surface area (Å²) in [7, 11) is -3.54. The molecule has 0 aromatic heterocycles. The van der Waals surface area contributed by atoms with Crippen molar-refractivity contribution in [2.75, 3.05) is 11.0 Å². The molecule has 0 fully saturated rings. The number of sulfonamides is 1. The highest BCUT2D eigenvalue weighted by atomic mass is 32.2. The van der Waals surface area contributed by atoms with Crippen LogP contribution in [0.1, 0.15) is 5.56 Å². The Hall–Kier alpha value is -1.44. The predicted molar refractivity (Wildman–Crippen MR) is 56.3 cm³/mol. The number of ether oxygens (including phenoxy) is 1. The lowest BCUT2D eigenvalue weighted by Crippen LogP contribution is -2.18. The van der Waals surface area contributed by atoms with Crippen molar-refractivity contribution in [2.45, 2.75) is 13.3 Å². The van der Waals surface area contributed by atoms with Crippen LogP contribution in [-0.4, -0.2) is 21.0 Å². The van der Waals surface area contributed by atoms with Crippen LogP contribution in [0.15, 0.2) is 18.2 Å². The molecule has 0 saturated heterocycles. The van der Waals surface area contributed by atoms with Gasteiger partial charge < -0.3 is 4.74 Å². The van der Waals surface area contributed by atoms with Gasteiger partial charge in [-0.2, -0.15) is 0 Å². The Balaban J connectivity index is 3.03. The number of anilines is 1. The molecule has 0 amide bonds. The zero-order valence-electron chi connectivity index (χ0n) is 9.00. The Morgan fingerprint density at radius 2 is 1.88 bits per heavy atom. The first-order valence-electron chi connectivity index (χ1n) is 4.41. The van der Waals surface area contributed by atoms with E-state index in [1.165, 1.54) is 19.1 Å². The Morgan fingerprint density at radius 1 is 1.29 bits per heavy atom. The summed E-state index contributed by atoms with van der Waals surface area (Å²) < 4.78 is 63.7. The van der Waals surface area contributed by atoms with Crippen LogP contribution in [0.25, 0.3) is 0 Å². The van der Waals surface area contributed by atoms with Gasteiger partial charge in [-0.05, 0) is 18.6 Å². The van der Waals surface area contributed by atoms with Crippen LogP contribution < -0.4 is 9.46 Å². The monoisotopic (exact) mass is 269 g/mol. The van der Waals surface area contributed by atoms with Gasteiger partial charge >= 0.3 is 6.36 Å². The van der Waals surface area contributed by atoms with Gasteiger partial charge in [0.05, 0.1) is 11.9 Å². The molecule has 0 aliphatic carbocycles. The number of nitrogens with one attached hydrogen (secondary N) is 1. The second-order valence-electron chi connectivity index (χ2n) is 3.40. The maximum absolute atomic E-state index is 12.0. The van der Waals surface area contributed by atoms with E-state index in [0.29, 0.717) is 0 Å². The highest BCUT2D eigenvalue weighted by Gasteiger charge is 2.31. The van der Waals surface area contributed by atoms with Crippen molar-refractivity contribution in [3.05, 3.63) is 23.8 Å². The number of hydrogen-bond donors (Lipinski definition) is 1. The van der Waals surface area contributed by atoms with E-state index in [-0.39, 0.29) is 11.3 Å².